The summed E-state index contributed by atoms with van der Waals surface area (Å²) < 4.78 is 0. The maximum absolute atomic E-state index is 4.08. The Bertz CT molecular complexity index is 127. The molecule has 0 aliphatic carbocycles. The molecule has 0 saturated heterocycles. The van der Waals surface area contributed by atoms with Gasteiger partial charge in [-0.25, -0.2) is 0 Å². The molecule has 10 heavy (non-hydrogen) atoms. The van der Waals surface area contributed by atoms with E-state index in [1.54, 1.807) is 0 Å². The molecule has 0 aliphatic heterocycles. The lowest BCUT2D eigenvalue weighted by Gasteiger charge is -1.92. The third kappa shape index (κ3) is 5.89. The number of nitrogens with zero attached hydrogens (tertiary/aromatic N) is 1. The molecule has 0 saturated carbocycles. The molecule has 2 heteroatoms. The van der Waals surface area contributed by atoms with Gasteiger partial charge in [0.05, 0.1) is 0 Å². The summed E-state index contributed by atoms with van der Waals surface area (Å²) in [6, 6.07) is 0. The lowest BCUT2D eigenvalue weighted by Crippen LogP contribution is -1.73. The summed E-state index contributed by atoms with van der Waals surface area (Å²) in [6.45, 7) is 7.17. The standard InChI is InChI=1S/C8H15NS/c1-4-9-7-6-8(3)10-5-2/h6-7H,4-5H2,1-3H3/b8-6+,9-7?. The van der Waals surface area contributed by atoms with Gasteiger partial charge in [0, 0.05) is 12.8 Å². The fourth-order valence-electron chi connectivity index (χ4n) is 0.539. The smallest absolute Gasteiger partial charge is 0.0360 e. The molecule has 0 radical (unpaired) electrons. The van der Waals surface area contributed by atoms with Crippen LogP contribution in [0.5, 0.6) is 0 Å². The fourth-order valence-corrected chi connectivity index (χ4v) is 1.15. The van der Waals surface area contributed by atoms with Gasteiger partial charge in [0.25, 0.3) is 0 Å². The first-order valence-corrected chi connectivity index (χ1v) is 4.59. The van der Waals surface area contributed by atoms with E-state index in [0.29, 0.717) is 0 Å². The van der Waals surface area contributed by atoms with Gasteiger partial charge in [0.15, 0.2) is 0 Å². The molecule has 1 nitrogen and oxygen atoms in total. The molecule has 0 fully saturated rings. The molecule has 0 aromatic rings. The molecule has 0 heterocycles. The molecular weight excluding hydrogens is 142 g/mol. The van der Waals surface area contributed by atoms with Crippen LogP contribution in [0, 0.1) is 0 Å². The number of rotatable bonds is 4. The number of hydrogen-bond acceptors (Lipinski definition) is 2. The highest BCUT2D eigenvalue weighted by atomic mass is 32.2. The first-order chi connectivity index (χ1) is 4.81. The van der Waals surface area contributed by atoms with Crippen LogP contribution in [0.25, 0.3) is 0 Å². The van der Waals surface area contributed by atoms with Crippen molar-refractivity contribution in [1.29, 1.82) is 0 Å². The Kier molecular flexibility index (Phi) is 6.71. The van der Waals surface area contributed by atoms with E-state index >= 15 is 0 Å². The average molecular weight is 157 g/mol. The maximum Gasteiger partial charge on any atom is 0.0360 e. The third-order valence-electron chi connectivity index (χ3n) is 0.969. The molecular formula is C8H15NS. The molecule has 0 atom stereocenters. The number of hydrogen-bond donors (Lipinski definition) is 0. The van der Waals surface area contributed by atoms with Crippen molar-refractivity contribution in [2.45, 2.75) is 20.8 Å². The van der Waals surface area contributed by atoms with Crippen LogP contribution in [0.15, 0.2) is 16.0 Å². The topological polar surface area (TPSA) is 12.4 Å². The van der Waals surface area contributed by atoms with Crippen LogP contribution in [0.1, 0.15) is 20.8 Å². The third-order valence-corrected chi connectivity index (χ3v) is 1.85. The van der Waals surface area contributed by atoms with Crippen molar-refractivity contribution in [2.24, 2.45) is 4.99 Å². The molecule has 0 spiro atoms. The van der Waals surface area contributed by atoms with Crippen LogP contribution in [-0.2, 0) is 0 Å². The Balaban J connectivity index is 3.56. The van der Waals surface area contributed by atoms with E-state index in [4.69, 9.17) is 0 Å². The zero-order valence-electron chi connectivity index (χ0n) is 6.92. The number of allylic oxidation sites excluding steroid dienone is 2. The molecule has 0 rings (SSSR count). The molecule has 58 valence electrons. The Morgan fingerprint density at radius 2 is 2.20 bits per heavy atom. The van der Waals surface area contributed by atoms with Crippen molar-refractivity contribution in [3.05, 3.63) is 11.0 Å². The highest BCUT2D eigenvalue weighted by molar-refractivity contribution is 8.03. The number of aliphatic imine (C=N–C) groups is 1. The minimum atomic E-state index is 0.876. The van der Waals surface area contributed by atoms with Gasteiger partial charge in [-0.3, -0.25) is 4.99 Å². The van der Waals surface area contributed by atoms with Crippen molar-refractivity contribution < 1.29 is 0 Å². The predicted octanol–water partition coefficient (Wildman–Crippen LogP) is 2.73. The van der Waals surface area contributed by atoms with Crippen LogP contribution in [0.4, 0.5) is 0 Å². The van der Waals surface area contributed by atoms with E-state index in [1.807, 2.05) is 24.9 Å². The highest BCUT2D eigenvalue weighted by Crippen LogP contribution is 2.11. The monoisotopic (exact) mass is 157 g/mol. The van der Waals surface area contributed by atoms with Crippen molar-refractivity contribution in [2.75, 3.05) is 12.3 Å². The van der Waals surface area contributed by atoms with Gasteiger partial charge in [-0.1, -0.05) is 6.92 Å². The minimum Gasteiger partial charge on any atom is -0.293 e. The Morgan fingerprint density at radius 1 is 1.50 bits per heavy atom. The van der Waals surface area contributed by atoms with Gasteiger partial charge in [-0.05, 0) is 30.6 Å². The molecule has 0 N–H and O–H groups in total. The van der Waals surface area contributed by atoms with Crippen molar-refractivity contribution in [3.63, 3.8) is 0 Å². The van der Waals surface area contributed by atoms with Crippen molar-refractivity contribution in [3.8, 4) is 0 Å². The van der Waals surface area contributed by atoms with E-state index in [9.17, 15) is 0 Å². The second kappa shape index (κ2) is 6.87. The van der Waals surface area contributed by atoms with Crippen molar-refractivity contribution >= 4 is 18.0 Å². The summed E-state index contributed by atoms with van der Waals surface area (Å²) in [5, 5.41) is 0. The summed E-state index contributed by atoms with van der Waals surface area (Å²) in [5.41, 5.74) is 0. The summed E-state index contributed by atoms with van der Waals surface area (Å²) in [6.07, 6.45) is 3.93. The van der Waals surface area contributed by atoms with Crippen LogP contribution >= 0.6 is 11.8 Å². The van der Waals surface area contributed by atoms with E-state index in [-0.39, 0.29) is 0 Å². The maximum atomic E-state index is 4.08. The molecule has 0 aromatic carbocycles. The molecule has 0 unspecified atom stereocenters. The second-order valence-corrected chi connectivity index (χ2v) is 3.37. The summed E-state index contributed by atoms with van der Waals surface area (Å²) in [5.74, 6) is 1.14. The van der Waals surface area contributed by atoms with Gasteiger partial charge in [-0.2, -0.15) is 0 Å². The molecule has 0 bridgehead atoms. The van der Waals surface area contributed by atoms with E-state index in [2.05, 4.69) is 24.9 Å². The largest absolute Gasteiger partial charge is 0.293 e. The second-order valence-electron chi connectivity index (χ2n) is 1.86. The van der Waals surface area contributed by atoms with Gasteiger partial charge < -0.3 is 0 Å². The zero-order valence-corrected chi connectivity index (χ0v) is 7.74. The molecule has 0 aliphatic rings. The summed E-state index contributed by atoms with van der Waals surface area (Å²) >= 11 is 1.85. The number of thioether (sulfide) groups is 1. The van der Waals surface area contributed by atoms with E-state index < -0.39 is 0 Å². The lowest BCUT2D eigenvalue weighted by molar-refractivity contribution is 1.14. The first-order valence-electron chi connectivity index (χ1n) is 3.60. The minimum absolute atomic E-state index is 0.876. The lowest BCUT2D eigenvalue weighted by atomic mass is 10.5. The first kappa shape index (κ1) is 9.76. The SMILES string of the molecule is CCN=C/C=C(\C)SCC. The van der Waals surface area contributed by atoms with Crippen LogP contribution < -0.4 is 0 Å². The van der Waals surface area contributed by atoms with Crippen LogP contribution in [0.2, 0.25) is 0 Å². The highest BCUT2D eigenvalue weighted by Gasteiger charge is 1.82. The fraction of sp³-hybridized carbons (Fsp3) is 0.625. The summed E-state index contributed by atoms with van der Waals surface area (Å²) in [7, 11) is 0. The Labute approximate surface area is 67.6 Å². The van der Waals surface area contributed by atoms with E-state index in [0.717, 1.165) is 12.3 Å². The van der Waals surface area contributed by atoms with E-state index in [1.165, 1.54) is 4.91 Å². The molecule has 0 aromatic heterocycles. The quantitative estimate of drug-likeness (QED) is 0.572. The van der Waals surface area contributed by atoms with Crippen LogP contribution in [-0.4, -0.2) is 18.5 Å². The van der Waals surface area contributed by atoms with Gasteiger partial charge in [0.1, 0.15) is 0 Å². The Hall–Kier alpha value is -0.240. The normalized spacial score (nSPS) is 12.9. The zero-order chi connectivity index (χ0) is 7.82. The average Bonchev–Trinajstić information content (AvgIpc) is 1.89. The van der Waals surface area contributed by atoms with Gasteiger partial charge in [-0.15, -0.1) is 11.8 Å². The van der Waals surface area contributed by atoms with Gasteiger partial charge in [0.2, 0.25) is 0 Å². The predicted molar refractivity (Wildman–Crippen MR) is 50.9 cm³/mol. The Morgan fingerprint density at radius 3 is 2.70 bits per heavy atom. The van der Waals surface area contributed by atoms with Crippen LogP contribution in [0.3, 0.4) is 0 Å². The molecule has 0 amide bonds. The summed E-state index contributed by atoms with van der Waals surface area (Å²) in [4.78, 5) is 5.41. The van der Waals surface area contributed by atoms with Gasteiger partial charge >= 0.3 is 0 Å². The van der Waals surface area contributed by atoms with Crippen molar-refractivity contribution in [1.82, 2.24) is 0 Å².